The molecule has 0 N–H and O–H groups in total. The third-order valence-corrected chi connectivity index (χ3v) is 2.44. The summed E-state index contributed by atoms with van der Waals surface area (Å²) >= 11 is 5.87. The Hall–Kier alpha value is -0.690. The number of nitrogens with zero attached hydrogens (tertiary/aromatic N) is 3. The van der Waals surface area contributed by atoms with Gasteiger partial charge in [-0.3, -0.25) is 0 Å². The summed E-state index contributed by atoms with van der Waals surface area (Å²) in [7, 11) is 7.88. The van der Waals surface area contributed by atoms with Gasteiger partial charge in [-0.2, -0.15) is 0 Å². The first-order valence-corrected chi connectivity index (χ1v) is 6.16. The molecule has 0 aromatic heterocycles. The number of rotatable bonds is 4. The largest absolute Gasteiger partial charge is 0.492 e. The van der Waals surface area contributed by atoms with Crippen LogP contribution in [0.25, 0.3) is 0 Å². The summed E-state index contributed by atoms with van der Waals surface area (Å²) in [4.78, 5) is 8.41. The summed E-state index contributed by atoms with van der Waals surface area (Å²) in [5.74, 6) is 1.69. The molecule has 1 rings (SSSR count). The van der Waals surface area contributed by atoms with E-state index < -0.39 is 0 Å². The van der Waals surface area contributed by atoms with Gasteiger partial charge < -0.3 is 14.5 Å². The molecule has 0 amide bonds. The first kappa shape index (κ1) is 18.3. The zero-order valence-corrected chi connectivity index (χ0v) is 14.8. The van der Waals surface area contributed by atoms with Crippen LogP contribution in [-0.2, 0) is 0 Å². The lowest BCUT2D eigenvalue weighted by atomic mass is 10.3. The molecule has 1 aromatic carbocycles. The molecule has 0 fully saturated rings. The van der Waals surface area contributed by atoms with Gasteiger partial charge in [-0.15, -0.1) is 24.0 Å². The van der Waals surface area contributed by atoms with Gasteiger partial charge in [-0.05, 0) is 18.2 Å². The Morgan fingerprint density at radius 3 is 2.37 bits per heavy atom. The van der Waals surface area contributed by atoms with Gasteiger partial charge >= 0.3 is 0 Å². The van der Waals surface area contributed by atoms with Crippen molar-refractivity contribution in [3.05, 3.63) is 29.3 Å². The molecule has 0 saturated carbocycles. The predicted octanol–water partition coefficient (Wildman–Crippen LogP) is 2.82. The zero-order chi connectivity index (χ0) is 13.5. The van der Waals surface area contributed by atoms with Crippen molar-refractivity contribution >= 4 is 41.5 Å². The summed E-state index contributed by atoms with van der Waals surface area (Å²) in [6.45, 7) is 1.14. The van der Waals surface area contributed by atoms with Crippen LogP contribution in [-0.4, -0.2) is 57.1 Å². The van der Waals surface area contributed by atoms with Gasteiger partial charge in [0, 0.05) is 33.2 Å². The minimum Gasteiger partial charge on any atom is -0.492 e. The smallest absolute Gasteiger partial charge is 0.195 e. The van der Waals surface area contributed by atoms with E-state index in [1.54, 1.807) is 6.07 Å². The van der Waals surface area contributed by atoms with Gasteiger partial charge in [0.1, 0.15) is 12.4 Å². The zero-order valence-electron chi connectivity index (χ0n) is 11.8. The normalized spacial score (nSPS) is 9.32. The Bertz CT molecular complexity index is 401. The molecule has 6 heteroatoms. The molecule has 0 spiro atoms. The standard InChI is InChI=1S/C13H20ClN3O.HI/c1-16(2)13(17(3)4)15-8-9-18-12-7-5-6-11(14)10-12;/h5-7,10H,8-9H2,1-4H3;1H. The van der Waals surface area contributed by atoms with Crippen LogP contribution in [0.4, 0.5) is 0 Å². The maximum absolute atomic E-state index is 5.87. The fraction of sp³-hybridized carbons (Fsp3) is 0.462. The number of hydrogen-bond donors (Lipinski definition) is 0. The monoisotopic (exact) mass is 397 g/mol. The Labute approximate surface area is 137 Å². The van der Waals surface area contributed by atoms with Gasteiger partial charge in [0.05, 0.1) is 6.54 Å². The maximum atomic E-state index is 5.87. The molecule has 19 heavy (non-hydrogen) atoms. The number of benzene rings is 1. The predicted molar refractivity (Wildman–Crippen MR) is 92.0 cm³/mol. The number of halogens is 2. The topological polar surface area (TPSA) is 28.1 Å². The van der Waals surface area contributed by atoms with Crippen molar-refractivity contribution in [3.8, 4) is 5.75 Å². The number of guanidine groups is 1. The lowest BCUT2D eigenvalue weighted by Crippen LogP contribution is -2.35. The van der Waals surface area contributed by atoms with E-state index in [1.807, 2.05) is 56.2 Å². The average Bonchev–Trinajstić information content (AvgIpc) is 2.27. The van der Waals surface area contributed by atoms with E-state index in [0.29, 0.717) is 18.2 Å². The average molecular weight is 398 g/mol. The molecule has 0 aliphatic carbocycles. The molecule has 1 aromatic rings. The molecule has 0 unspecified atom stereocenters. The minimum atomic E-state index is 0. The van der Waals surface area contributed by atoms with E-state index in [1.165, 1.54) is 0 Å². The number of ether oxygens (including phenoxy) is 1. The van der Waals surface area contributed by atoms with E-state index >= 15 is 0 Å². The molecular formula is C13H21ClIN3O. The van der Waals surface area contributed by atoms with E-state index in [-0.39, 0.29) is 24.0 Å². The van der Waals surface area contributed by atoms with Crippen LogP contribution in [0.1, 0.15) is 0 Å². The highest BCUT2D eigenvalue weighted by Gasteiger charge is 2.03. The molecule has 0 atom stereocenters. The van der Waals surface area contributed by atoms with E-state index in [9.17, 15) is 0 Å². The first-order valence-electron chi connectivity index (χ1n) is 5.78. The van der Waals surface area contributed by atoms with Crippen molar-refractivity contribution in [2.45, 2.75) is 0 Å². The number of hydrogen-bond acceptors (Lipinski definition) is 2. The third kappa shape index (κ3) is 6.87. The van der Waals surface area contributed by atoms with Crippen LogP contribution in [0.15, 0.2) is 29.3 Å². The van der Waals surface area contributed by atoms with Crippen LogP contribution in [0, 0.1) is 0 Å². The summed E-state index contributed by atoms with van der Waals surface area (Å²) in [6.07, 6.45) is 0. The highest BCUT2D eigenvalue weighted by molar-refractivity contribution is 14.0. The summed E-state index contributed by atoms with van der Waals surface area (Å²) in [5.41, 5.74) is 0. The second-order valence-electron chi connectivity index (χ2n) is 4.28. The van der Waals surface area contributed by atoms with Crippen molar-refractivity contribution < 1.29 is 4.74 Å². The Balaban J connectivity index is 0.00000324. The Morgan fingerprint density at radius 1 is 1.21 bits per heavy atom. The van der Waals surface area contributed by atoms with Gasteiger partial charge in [-0.25, -0.2) is 4.99 Å². The highest BCUT2D eigenvalue weighted by atomic mass is 127. The molecule has 0 heterocycles. The van der Waals surface area contributed by atoms with Crippen LogP contribution < -0.4 is 4.74 Å². The van der Waals surface area contributed by atoms with Crippen molar-refractivity contribution in [2.24, 2.45) is 4.99 Å². The van der Waals surface area contributed by atoms with Gasteiger partial charge in [-0.1, -0.05) is 17.7 Å². The summed E-state index contributed by atoms with van der Waals surface area (Å²) < 4.78 is 5.57. The van der Waals surface area contributed by atoms with Crippen LogP contribution in [0.2, 0.25) is 5.02 Å². The Morgan fingerprint density at radius 2 is 1.84 bits per heavy atom. The quantitative estimate of drug-likeness (QED) is 0.338. The molecule has 0 bridgehead atoms. The van der Waals surface area contributed by atoms with Crippen molar-refractivity contribution in [1.29, 1.82) is 0 Å². The fourth-order valence-corrected chi connectivity index (χ4v) is 1.73. The second-order valence-corrected chi connectivity index (χ2v) is 4.71. The third-order valence-electron chi connectivity index (χ3n) is 2.21. The molecule has 0 aliphatic heterocycles. The molecule has 0 saturated heterocycles. The summed E-state index contributed by atoms with van der Waals surface area (Å²) in [5, 5.41) is 0.679. The lowest BCUT2D eigenvalue weighted by molar-refractivity contribution is 0.326. The van der Waals surface area contributed by atoms with Crippen molar-refractivity contribution in [3.63, 3.8) is 0 Å². The molecule has 0 radical (unpaired) electrons. The molecule has 108 valence electrons. The molecular weight excluding hydrogens is 377 g/mol. The Kier molecular flexibility index (Phi) is 8.92. The molecule has 0 aliphatic rings. The second kappa shape index (κ2) is 9.25. The van der Waals surface area contributed by atoms with E-state index in [4.69, 9.17) is 16.3 Å². The number of aliphatic imine (C=N–C) groups is 1. The van der Waals surface area contributed by atoms with Gasteiger partial charge in [0.2, 0.25) is 0 Å². The highest BCUT2D eigenvalue weighted by Crippen LogP contribution is 2.16. The van der Waals surface area contributed by atoms with Gasteiger partial charge in [0.15, 0.2) is 5.96 Å². The molecule has 4 nitrogen and oxygen atoms in total. The van der Waals surface area contributed by atoms with Crippen LogP contribution >= 0.6 is 35.6 Å². The SMILES string of the molecule is CN(C)C(=NCCOc1cccc(Cl)c1)N(C)C.I. The first-order chi connectivity index (χ1) is 8.50. The van der Waals surface area contributed by atoms with Gasteiger partial charge in [0.25, 0.3) is 0 Å². The maximum Gasteiger partial charge on any atom is 0.195 e. The van der Waals surface area contributed by atoms with Crippen molar-refractivity contribution in [1.82, 2.24) is 9.80 Å². The van der Waals surface area contributed by atoms with Crippen LogP contribution in [0.5, 0.6) is 5.75 Å². The van der Waals surface area contributed by atoms with E-state index in [2.05, 4.69) is 4.99 Å². The lowest BCUT2D eigenvalue weighted by Gasteiger charge is -2.22. The fourth-order valence-electron chi connectivity index (χ4n) is 1.55. The van der Waals surface area contributed by atoms with E-state index in [0.717, 1.165) is 11.7 Å². The minimum absolute atomic E-state index is 0. The van der Waals surface area contributed by atoms with Crippen molar-refractivity contribution in [2.75, 3.05) is 41.3 Å². The van der Waals surface area contributed by atoms with Crippen LogP contribution in [0.3, 0.4) is 0 Å². The summed E-state index contributed by atoms with van der Waals surface area (Å²) in [6, 6.07) is 7.37.